The fourth-order valence-corrected chi connectivity index (χ4v) is 2.19. The molecule has 2 N–H and O–H groups in total. The highest BCUT2D eigenvalue weighted by molar-refractivity contribution is 5.88. The summed E-state index contributed by atoms with van der Waals surface area (Å²) in [6.45, 7) is 2.48. The third kappa shape index (κ3) is 3.34. The number of amides is 1. The van der Waals surface area contributed by atoms with Gasteiger partial charge in [-0.15, -0.1) is 0 Å². The van der Waals surface area contributed by atoms with Crippen LogP contribution in [-0.4, -0.2) is 48.7 Å². The fourth-order valence-electron chi connectivity index (χ4n) is 2.19. The van der Waals surface area contributed by atoms with Gasteiger partial charge in [0.25, 0.3) is 0 Å². The van der Waals surface area contributed by atoms with Crippen molar-refractivity contribution in [3.8, 4) is 0 Å². The Balaban J connectivity index is 1.92. The Morgan fingerprint density at radius 3 is 2.80 bits per heavy atom. The minimum Gasteiger partial charge on any atom is -0.478 e. The van der Waals surface area contributed by atoms with E-state index in [4.69, 9.17) is 9.84 Å². The molecular weight excluding hydrogens is 260 g/mol. The molecule has 1 aliphatic rings. The first-order valence-corrected chi connectivity index (χ1v) is 6.44. The lowest BCUT2D eigenvalue weighted by Gasteiger charge is -2.15. The van der Waals surface area contributed by atoms with Crippen LogP contribution in [0.1, 0.15) is 21.5 Å². The SMILES string of the molecule is COCCNCC(=O)N1Cc2ccc(C(=O)O)cc2C1. The summed E-state index contributed by atoms with van der Waals surface area (Å²) >= 11 is 0. The van der Waals surface area contributed by atoms with Crippen LogP contribution in [0, 0.1) is 0 Å². The molecule has 0 saturated carbocycles. The quantitative estimate of drug-likeness (QED) is 0.739. The molecule has 1 amide bonds. The molecule has 0 spiro atoms. The molecule has 0 bridgehead atoms. The van der Waals surface area contributed by atoms with Crippen molar-refractivity contribution in [2.24, 2.45) is 0 Å². The summed E-state index contributed by atoms with van der Waals surface area (Å²) in [6, 6.07) is 5.00. The van der Waals surface area contributed by atoms with E-state index in [1.807, 2.05) is 0 Å². The summed E-state index contributed by atoms with van der Waals surface area (Å²) in [5, 5.41) is 12.0. The van der Waals surface area contributed by atoms with Gasteiger partial charge >= 0.3 is 5.97 Å². The first kappa shape index (κ1) is 14.5. The monoisotopic (exact) mass is 278 g/mol. The predicted molar refractivity (Wildman–Crippen MR) is 72.4 cm³/mol. The molecule has 0 aromatic heterocycles. The third-order valence-electron chi connectivity index (χ3n) is 3.29. The van der Waals surface area contributed by atoms with Crippen LogP contribution in [0.4, 0.5) is 0 Å². The molecule has 1 heterocycles. The summed E-state index contributed by atoms with van der Waals surface area (Å²) in [5.74, 6) is -0.937. The van der Waals surface area contributed by atoms with E-state index in [2.05, 4.69) is 5.32 Å². The number of methoxy groups -OCH3 is 1. The van der Waals surface area contributed by atoms with Crippen molar-refractivity contribution >= 4 is 11.9 Å². The average molecular weight is 278 g/mol. The van der Waals surface area contributed by atoms with E-state index in [1.54, 1.807) is 30.2 Å². The molecule has 1 aliphatic heterocycles. The minimum absolute atomic E-state index is 0.00850. The molecule has 6 nitrogen and oxygen atoms in total. The summed E-state index contributed by atoms with van der Waals surface area (Å²) in [5.41, 5.74) is 2.19. The van der Waals surface area contributed by atoms with Crippen LogP contribution >= 0.6 is 0 Å². The lowest BCUT2D eigenvalue weighted by molar-refractivity contribution is -0.130. The summed E-state index contributed by atoms with van der Waals surface area (Å²) in [4.78, 5) is 24.6. The average Bonchev–Trinajstić information content (AvgIpc) is 2.86. The Bertz CT molecular complexity index is 516. The van der Waals surface area contributed by atoms with E-state index in [0.717, 1.165) is 11.1 Å². The minimum atomic E-state index is -0.946. The number of ether oxygens (including phenoxy) is 1. The van der Waals surface area contributed by atoms with E-state index in [1.165, 1.54) is 0 Å². The van der Waals surface area contributed by atoms with Crippen molar-refractivity contribution in [3.05, 3.63) is 34.9 Å². The van der Waals surface area contributed by atoms with E-state index < -0.39 is 5.97 Å². The second kappa shape index (κ2) is 6.49. The van der Waals surface area contributed by atoms with Gasteiger partial charge in [-0.25, -0.2) is 4.79 Å². The van der Waals surface area contributed by atoms with Gasteiger partial charge in [-0.1, -0.05) is 6.07 Å². The Morgan fingerprint density at radius 2 is 2.10 bits per heavy atom. The zero-order chi connectivity index (χ0) is 14.5. The maximum absolute atomic E-state index is 12.0. The van der Waals surface area contributed by atoms with Crippen LogP contribution in [0.5, 0.6) is 0 Å². The number of carbonyl (C=O) groups excluding carboxylic acids is 1. The molecule has 1 aromatic rings. The summed E-state index contributed by atoms with van der Waals surface area (Å²) in [7, 11) is 1.61. The number of fused-ring (bicyclic) bond motifs is 1. The van der Waals surface area contributed by atoms with E-state index in [9.17, 15) is 9.59 Å². The van der Waals surface area contributed by atoms with Crippen molar-refractivity contribution in [2.45, 2.75) is 13.1 Å². The van der Waals surface area contributed by atoms with Gasteiger partial charge < -0.3 is 20.1 Å². The highest BCUT2D eigenvalue weighted by atomic mass is 16.5. The van der Waals surface area contributed by atoms with Gasteiger partial charge in [0.05, 0.1) is 18.7 Å². The smallest absolute Gasteiger partial charge is 0.335 e. The third-order valence-corrected chi connectivity index (χ3v) is 3.29. The summed E-state index contributed by atoms with van der Waals surface area (Å²) in [6.07, 6.45) is 0. The number of rotatable bonds is 6. The van der Waals surface area contributed by atoms with Crippen LogP contribution in [0.15, 0.2) is 18.2 Å². The van der Waals surface area contributed by atoms with Gasteiger partial charge in [0.1, 0.15) is 0 Å². The highest BCUT2D eigenvalue weighted by Gasteiger charge is 2.23. The topological polar surface area (TPSA) is 78.9 Å². The molecule has 20 heavy (non-hydrogen) atoms. The number of aromatic carboxylic acids is 1. The van der Waals surface area contributed by atoms with Gasteiger partial charge in [-0.2, -0.15) is 0 Å². The fraction of sp³-hybridized carbons (Fsp3) is 0.429. The standard InChI is InChI=1S/C14H18N2O4/c1-20-5-4-15-7-13(17)16-8-11-3-2-10(14(18)19)6-12(11)9-16/h2-3,6,15H,4-5,7-9H2,1H3,(H,18,19). The van der Waals surface area contributed by atoms with Crippen molar-refractivity contribution in [1.29, 1.82) is 0 Å². The zero-order valence-corrected chi connectivity index (χ0v) is 11.4. The lowest BCUT2D eigenvalue weighted by Crippen LogP contribution is -2.35. The number of nitrogens with zero attached hydrogens (tertiary/aromatic N) is 1. The molecule has 0 radical (unpaired) electrons. The molecule has 108 valence electrons. The van der Waals surface area contributed by atoms with Gasteiger partial charge in [-0.05, 0) is 23.3 Å². The second-order valence-corrected chi connectivity index (χ2v) is 4.71. The van der Waals surface area contributed by atoms with E-state index in [0.29, 0.717) is 26.2 Å². The number of hydrogen-bond acceptors (Lipinski definition) is 4. The molecule has 2 rings (SSSR count). The lowest BCUT2D eigenvalue weighted by atomic mass is 10.1. The molecule has 0 unspecified atom stereocenters. The molecule has 6 heteroatoms. The van der Waals surface area contributed by atoms with E-state index in [-0.39, 0.29) is 18.0 Å². The normalized spacial score (nSPS) is 13.3. The second-order valence-electron chi connectivity index (χ2n) is 4.71. The van der Waals surface area contributed by atoms with Crippen molar-refractivity contribution in [2.75, 3.05) is 26.8 Å². The first-order chi connectivity index (χ1) is 9.61. The van der Waals surface area contributed by atoms with Crippen LogP contribution in [0.2, 0.25) is 0 Å². The number of carboxylic acids is 1. The first-order valence-electron chi connectivity index (χ1n) is 6.44. The maximum atomic E-state index is 12.0. The van der Waals surface area contributed by atoms with Crippen LogP contribution in [-0.2, 0) is 22.6 Å². The largest absolute Gasteiger partial charge is 0.478 e. The molecular formula is C14H18N2O4. The summed E-state index contributed by atoms with van der Waals surface area (Å²) < 4.78 is 4.89. The Hall–Kier alpha value is -1.92. The molecule has 0 aliphatic carbocycles. The number of carbonyl (C=O) groups is 2. The van der Waals surface area contributed by atoms with E-state index >= 15 is 0 Å². The number of carboxylic acid groups (broad SMARTS) is 1. The number of hydrogen-bond donors (Lipinski definition) is 2. The predicted octanol–water partition coefficient (Wildman–Crippen LogP) is 0.463. The molecule has 0 atom stereocenters. The number of nitrogens with one attached hydrogen (secondary N) is 1. The van der Waals surface area contributed by atoms with Crippen molar-refractivity contribution in [1.82, 2.24) is 10.2 Å². The highest BCUT2D eigenvalue weighted by Crippen LogP contribution is 2.23. The molecule has 0 saturated heterocycles. The molecule has 1 aromatic carbocycles. The van der Waals surface area contributed by atoms with Crippen LogP contribution in [0.25, 0.3) is 0 Å². The molecule has 0 fully saturated rings. The van der Waals surface area contributed by atoms with Crippen molar-refractivity contribution < 1.29 is 19.4 Å². The van der Waals surface area contributed by atoms with Gasteiger partial charge in [0.15, 0.2) is 0 Å². The van der Waals surface area contributed by atoms with Gasteiger partial charge in [-0.3, -0.25) is 4.79 Å². The number of benzene rings is 1. The zero-order valence-electron chi connectivity index (χ0n) is 11.4. The van der Waals surface area contributed by atoms with Crippen LogP contribution < -0.4 is 5.32 Å². The maximum Gasteiger partial charge on any atom is 0.335 e. The van der Waals surface area contributed by atoms with Crippen LogP contribution in [0.3, 0.4) is 0 Å². The Morgan fingerprint density at radius 1 is 1.35 bits per heavy atom. The Labute approximate surface area is 117 Å². The van der Waals surface area contributed by atoms with Gasteiger partial charge in [0.2, 0.25) is 5.91 Å². The van der Waals surface area contributed by atoms with Gasteiger partial charge in [0, 0.05) is 26.7 Å². The Kier molecular flexibility index (Phi) is 4.70. The van der Waals surface area contributed by atoms with Crippen molar-refractivity contribution in [3.63, 3.8) is 0 Å².